The van der Waals surface area contributed by atoms with E-state index in [1.807, 2.05) is 24.3 Å². The summed E-state index contributed by atoms with van der Waals surface area (Å²) in [5, 5.41) is 2.96. The van der Waals surface area contributed by atoms with E-state index < -0.39 is 15.8 Å². The number of sulfonamides is 1. The van der Waals surface area contributed by atoms with Crippen LogP contribution in [0.1, 0.15) is 36.2 Å². The molecule has 0 heterocycles. The molecule has 0 unspecified atom stereocenters. The van der Waals surface area contributed by atoms with Gasteiger partial charge in [-0.15, -0.1) is 0 Å². The zero-order valence-electron chi connectivity index (χ0n) is 18.1. The van der Waals surface area contributed by atoms with Gasteiger partial charge in [0, 0.05) is 18.7 Å². The molecular weight excluding hydrogens is 427 g/mol. The lowest BCUT2D eigenvalue weighted by Gasteiger charge is -2.15. The molecule has 0 aliphatic rings. The van der Waals surface area contributed by atoms with E-state index in [2.05, 4.69) is 23.9 Å². The van der Waals surface area contributed by atoms with Gasteiger partial charge in [-0.3, -0.25) is 4.79 Å². The molecule has 0 fully saturated rings. The van der Waals surface area contributed by atoms with Crippen molar-refractivity contribution in [2.75, 3.05) is 6.54 Å². The SMILES string of the molecule is CC(C)CCNC(=O)c1ccccc1-c1ccccc1CNS(=O)(=O)c1cccc(F)c1. The lowest BCUT2D eigenvalue weighted by atomic mass is 9.95. The monoisotopic (exact) mass is 454 g/mol. The molecule has 0 aliphatic heterocycles. The smallest absolute Gasteiger partial charge is 0.251 e. The summed E-state index contributed by atoms with van der Waals surface area (Å²) in [4.78, 5) is 12.7. The first-order valence-electron chi connectivity index (χ1n) is 10.5. The first kappa shape index (κ1) is 23.6. The van der Waals surface area contributed by atoms with Crippen LogP contribution in [0.2, 0.25) is 0 Å². The van der Waals surface area contributed by atoms with Gasteiger partial charge in [0.05, 0.1) is 4.90 Å². The van der Waals surface area contributed by atoms with E-state index in [1.165, 1.54) is 18.2 Å². The highest BCUT2D eigenvalue weighted by atomic mass is 32.2. The van der Waals surface area contributed by atoms with E-state index in [0.29, 0.717) is 23.6 Å². The summed E-state index contributed by atoms with van der Waals surface area (Å²) in [6.45, 7) is 4.78. The van der Waals surface area contributed by atoms with Crippen molar-refractivity contribution in [1.29, 1.82) is 0 Å². The Hall–Kier alpha value is -3.03. The average Bonchev–Trinajstić information content (AvgIpc) is 2.77. The number of hydrogen-bond donors (Lipinski definition) is 2. The highest BCUT2D eigenvalue weighted by molar-refractivity contribution is 7.89. The number of amides is 1. The normalized spacial score (nSPS) is 11.5. The number of carbonyl (C=O) groups is 1. The first-order valence-corrected chi connectivity index (χ1v) is 12.0. The Balaban J connectivity index is 1.85. The quantitative estimate of drug-likeness (QED) is 0.490. The largest absolute Gasteiger partial charge is 0.352 e. The van der Waals surface area contributed by atoms with Crippen LogP contribution in [0.4, 0.5) is 4.39 Å². The lowest BCUT2D eigenvalue weighted by molar-refractivity contribution is 0.0952. The maximum absolute atomic E-state index is 13.5. The summed E-state index contributed by atoms with van der Waals surface area (Å²) in [6.07, 6.45) is 0.881. The second-order valence-corrected chi connectivity index (χ2v) is 9.69. The Morgan fingerprint density at radius 3 is 2.34 bits per heavy atom. The van der Waals surface area contributed by atoms with E-state index in [9.17, 15) is 17.6 Å². The van der Waals surface area contributed by atoms with Gasteiger partial charge in [0.25, 0.3) is 5.91 Å². The Morgan fingerprint density at radius 1 is 0.938 bits per heavy atom. The maximum atomic E-state index is 13.5. The van der Waals surface area contributed by atoms with E-state index >= 15 is 0 Å². The number of carbonyl (C=O) groups excluding carboxylic acids is 1. The van der Waals surface area contributed by atoms with Crippen molar-refractivity contribution in [3.05, 3.63) is 89.7 Å². The first-order chi connectivity index (χ1) is 15.3. The zero-order chi connectivity index (χ0) is 23.1. The van der Waals surface area contributed by atoms with E-state index in [-0.39, 0.29) is 17.3 Å². The highest BCUT2D eigenvalue weighted by Gasteiger charge is 2.18. The summed E-state index contributed by atoms with van der Waals surface area (Å²) < 4.78 is 41.2. The van der Waals surface area contributed by atoms with Crippen LogP contribution in [-0.4, -0.2) is 20.9 Å². The van der Waals surface area contributed by atoms with E-state index in [0.717, 1.165) is 23.6 Å². The highest BCUT2D eigenvalue weighted by Crippen LogP contribution is 2.27. The van der Waals surface area contributed by atoms with Gasteiger partial charge in [-0.25, -0.2) is 17.5 Å². The second-order valence-electron chi connectivity index (χ2n) is 7.92. The molecule has 0 spiro atoms. The van der Waals surface area contributed by atoms with E-state index in [1.54, 1.807) is 24.3 Å². The van der Waals surface area contributed by atoms with Crippen LogP contribution in [0.15, 0.2) is 77.7 Å². The molecule has 0 aliphatic carbocycles. The number of rotatable bonds is 9. The van der Waals surface area contributed by atoms with Gasteiger partial charge >= 0.3 is 0 Å². The summed E-state index contributed by atoms with van der Waals surface area (Å²) in [6, 6.07) is 19.4. The summed E-state index contributed by atoms with van der Waals surface area (Å²) >= 11 is 0. The minimum absolute atomic E-state index is 0.00166. The van der Waals surface area contributed by atoms with Crippen molar-refractivity contribution in [2.45, 2.75) is 31.7 Å². The van der Waals surface area contributed by atoms with Crippen LogP contribution < -0.4 is 10.0 Å². The van der Waals surface area contributed by atoms with Crippen LogP contribution in [0, 0.1) is 11.7 Å². The van der Waals surface area contributed by atoms with Crippen molar-refractivity contribution in [3.8, 4) is 11.1 Å². The van der Waals surface area contributed by atoms with Crippen molar-refractivity contribution in [2.24, 2.45) is 5.92 Å². The zero-order valence-corrected chi connectivity index (χ0v) is 19.0. The van der Waals surface area contributed by atoms with Crippen molar-refractivity contribution >= 4 is 15.9 Å². The molecule has 0 radical (unpaired) electrons. The minimum Gasteiger partial charge on any atom is -0.352 e. The standard InChI is InChI=1S/C25H27FN2O3S/c1-18(2)14-15-27-25(29)24-13-6-5-12-23(24)22-11-4-3-8-19(22)17-28-32(30,31)21-10-7-9-20(26)16-21/h3-13,16,18,28H,14-15,17H2,1-2H3,(H,27,29). The van der Waals surface area contributed by atoms with Crippen LogP contribution in [-0.2, 0) is 16.6 Å². The summed E-state index contributed by atoms with van der Waals surface area (Å²) in [5.74, 6) is -0.306. The molecule has 3 aromatic rings. The van der Waals surface area contributed by atoms with Crippen LogP contribution in [0.5, 0.6) is 0 Å². The van der Waals surface area contributed by atoms with Gasteiger partial charge in [-0.05, 0) is 53.3 Å². The number of halogens is 1. The van der Waals surface area contributed by atoms with Gasteiger partial charge in [-0.1, -0.05) is 62.4 Å². The molecule has 1 amide bonds. The molecule has 0 aromatic heterocycles. The average molecular weight is 455 g/mol. The molecule has 3 aromatic carbocycles. The van der Waals surface area contributed by atoms with Gasteiger partial charge in [-0.2, -0.15) is 0 Å². The topological polar surface area (TPSA) is 75.3 Å². The Labute approximate surface area is 188 Å². The fraction of sp³-hybridized carbons (Fsp3) is 0.240. The molecule has 32 heavy (non-hydrogen) atoms. The Kier molecular flexibility index (Phi) is 7.77. The van der Waals surface area contributed by atoms with Gasteiger partial charge < -0.3 is 5.32 Å². The molecule has 0 bridgehead atoms. The number of nitrogens with one attached hydrogen (secondary N) is 2. The Bertz CT molecular complexity index is 1190. The van der Waals surface area contributed by atoms with Crippen molar-refractivity contribution in [3.63, 3.8) is 0 Å². The maximum Gasteiger partial charge on any atom is 0.251 e. The molecule has 5 nitrogen and oxygen atoms in total. The third kappa shape index (κ3) is 6.02. The third-order valence-corrected chi connectivity index (χ3v) is 6.44. The molecule has 0 saturated carbocycles. The molecule has 2 N–H and O–H groups in total. The van der Waals surface area contributed by atoms with E-state index in [4.69, 9.17) is 0 Å². The van der Waals surface area contributed by atoms with Crippen LogP contribution in [0.3, 0.4) is 0 Å². The predicted octanol–water partition coefficient (Wildman–Crippen LogP) is 4.75. The van der Waals surface area contributed by atoms with Crippen LogP contribution in [0.25, 0.3) is 11.1 Å². The Morgan fingerprint density at radius 2 is 1.62 bits per heavy atom. The van der Waals surface area contributed by atoms with Gasteiger partial charge in [0.1, 0.15) is 5.82 Å². The van der Waals surface area contributed by atoms with Crippen LogP contribution >= 0.6 is 0 Å². The number of benzene rings is 3. The second kappa shape index (κ2) is 10.5. The lowest BCUT2D eigenvalue weighted by Crippen LogP contribution is -2.26. The molecular formula is C25H27FN2O3S. The number of hydrogen-bond acceptors (Lipinski definition) is 3. The molecule has 0 saturated heterocycles. The van der Waals surface area contributed by atoms with Crippen molar-refractivity contribution < 1.29 is 17.6 Å². The summed E-state index contributed by atoms with van der Waals surface area (Å²) in [7, 11) is -3.90. The van der Waals surface area contributed by atoms with Crippen molar-refractivity contribution in [1.82, 2.24) is 10.0 Å². The molecule has 0 atom stereocenters. The summed E-state index contributed by atoms with van der Waals surface area (Å²) in [5.41, 5.74) is 2.70. The third-order valence-electron chi connectivity index (χ3n) is 5.05. The molecule has 168 valence electrons. The molecule has 7 heteroatoms. The fourth-order valence-corrected chi connectivity index (χ4v) is 4.35. The predicted molar refractivity (Wildman–Crippen MR) is 124 cm³/mol. The molecule has 3 rings (SSSR count). The fourth-order valence-electron chi connectivity index (χ4n) is 3.31. The van der Waals surface area contributed by atoms with Gasteiger partial charge in [0.15, 0.2) is 0 Å². The van der Waals surface area contributed by atoms with Gasteiger partial charge in [0.2, 0.25) is 10.0 Å². The minimum atomic E-state index is -3.90.